The first kappa shape index (κ1) is 29.5. The van der Waals surface area contributed by atoms with Crippen LogP contribution in [0.2, 0.25) is 0 Å². The molecule has 0 saturated heterocycles. The summed E-state index contributed by atoms with van der Waals surface area (Å²) < 4.78 is 14.4. The van der Waals surface area contributed by atoms with Gasteiger partial charge in [0.25, 0.3) is 0 Å². The van der Waals surface area contributed by atoms with Gasteiger partial charge in [0.05, 0.1) is 5.69 Å². The van der Waals surface area contributed by atoms with Crippen molar-refractivity contribution in [1.82, 2.24) is 4.98 Å². The van der Waals surface area contributed by atoms with Crippen LogP contribution in [0.25, 0.3) is 29.5 Å². The van der Waals surface area contributed by atoms with Crippen molar-refractivity contribution >= 4 is 18.2 Å². The second-order valence-corrected chi connectivity index (χ2v) is 8.74. The van der Waals surface area contributed by atoms with Crippen molar-refractivity contribution < 1.29 is 4.39 Å². The fraction of sp³-hybridized carbons (Fsp3) is 0.229. The Morgan fingerprint density at radius 1 is 0.919 bits per heavy atom. The Morgan fingerprint density at radius 3 is 2.27 bits per heavy atom. The van der Waals surface area contributed by atoms with E-state index in [-0.39, 0.29) is 5.82 Å². The molecule has 0 aliphatic heterocycles. The Balaban J connectivity index is 0.00000153. The van der Waals surface area contributed by atoms with Gasteiger partial charge in [-0.05, 0) is 89.4 Å². The number of allylic oxidation sites excluding steroid dienone is 8. The number of benzene rings is 2. The minimum atomic E-state index is -0.273. The smallest absolute Gasteiger partial charge is 0.132 e. The molecule has 0 unspecified atom stereocenters. The molecule has 1 aromatic heterocycles. The Morgan fingerprint density at radius 2 is 1.62 bits per heavy atom. The average Bonchev–Trinajstić information content (AvgIpc) is 2.91. The highest BCUT2D eigenvalue weighted by molar-refractivity contribution is 5.80. The van der Waals surface area contributed by atoms with E-state index >= 15 is 0 Å². The molecule has 0 atom stereocenters. The summed E-state index contributed by atoms with van der Waals surface area (Å²) in [6.07, 6.45) is 18.1. The summed E-state index contributed by atoms with van der Waals surface area (Å²) in [5.74, 6) is -0.273. The van der Waals surface area contributed by atoms with Gasteiger partial charge in [-0.1, -0.05) is 101 Å². The van der Waals surface area contributed by atoms with E-state index in [4.69, 9.17) is 0 Å². The summed E-state index contributed by atoms with van der Waals surface area (Å²) in [7, 11) is 0. The van der Waals surface area contributed by atoms with Gasteiger partial charge in [-0.15, -0.1) is 0 Å². The SMILES string of the molecule is C=c1cccc/c1=C/C(=C\C)C(/C=C/CCC)=C/C(=C\C)c1ccnc(-c2ccccc2F)c1.CCC. The fourth-order valence-electron chi connectivity index (χ4n) is 3.71. The molecule has 0 radical (unpaired) electrons. The minimum Gasteiger partial charge on any atom is -0.256 e. The van der Waals surface area contributed by atoms with Gasteiger partial charge in [-0.2, -0.15) is 0 Å². The molecule has 0 bridgehead atoms. The first-order chi connectivity index (χ1) is 18.0. The maximum absolute atomic E-state index is 14.4. The number of halogens is 1. The molecule has 0 fully saturated rings. The van der Waals surface area contributed by atoms with E-state index in [1.165, 1.54) is 12.5 Å². The number of nitrogens with zero attached hydrogens (tertiary/aromatic N) is 1. The highest BCUT2D eigenvalue weighted by Crippen LogP contribution is 2.27. The largest absolute Gasteiger partial charge is 0.256 e. The van der Waals surface area contributed by atoms with Crippen molar-refractivity contribution in [2.75, 3.05) is 0 Å². The van der Waals surface area contributed by atoms with Crippen molar-refractivity contribution in [3.63, 3.8) is 0 Å². The molecule has 0 saturated carbocycles. The van der Waals surface area contributed by atoms with Crippen LogP contribution in [0.5, 0.6) is 0 Å². The van der Waals surface area contributed by atoms with Gasteiger partial charge in [0, 0.05) is 11.8 Å². The minimum absolute atomic E-state index is 0.273. The summed E-state index contributed by atoms with van der Waals surface area (Å²) in [5, 5.41) is 2.09. The lowest BCUT2D eigenvalue weighted by atomic mass is 9.96. The highest BCUT2D eigenvalue weighted by atomic mass is 19.1. The lowest BCUT2D eigenvalue weighted by molar-refractivity contribution is 0.630. The van der Waals surface area contributed by atoms with Crippen LogP contribution in [-0.2, 0) is 0 Å². The number of unbranched alkanes of at least 4 members (excludes halogenated alkanes) is 1. The van der Waals surface area contributed by atoms with Gasteiger partial charge in [0.1, 0.15) is 5.82 Å². The molecule has 0 spiro atoms. The summed E-state index contributed by atoms with van der Waals surface area (Å²) in [6, 6.07) is 18.8. The Hall–Kier alpha value is -3.78. The van der Waals surface area contributed by atoms with E-state index in [0.29, 0.717) is 11.3 Å². The van der Waals surface area contributed by atoms with Crippen LogP contribution in [0.4, 0.5) is 4.39 Å². The van der Waals surface area contributed by atoms with Crippen molar-refractivity contribution in [2.24, 2.45) is 0 Å². The predicted molar refractivity (Wildman–Crippen MR) is 161 cm³/mol. The second-order valence-electron chi connectivity index (χ2n) is 8.74. The van der Waals surface area contributed by atoms with Crippen LogP contribution in [0.1, 0.15) is 59.4 Å². The third-order valence-electron chi connectivity index (χ3n) is 5.63. The molecule has 1 heterocycles. The standard InChI is InChI=1S/C32H32FN.C3H8/c1-5-8-9-16-28(25(6-2)21-27-15-11-10-14-24(27)4)22-26(7-3)29-19-20-34-32(23-29)30-17-12-13-18-31(30)33;1-3-2/h6-7,9-23H,4-5,8H2,1-3H3;3H2,1-2H3/b16-9+,25-6+,26-7+,27-21-,28-22+;. The zero-order chi connectivity index (χ0) is 27.0. The van der Waals surface area contributed by atoms with Gasteiger partial charge < -0.3 is 0 Å². The van der Waals surface area contributed by atoms with E-state index in [0.717, 1.165) is 45.6 Å². The monoisotopic (exact) mass is 493 g/mol. The molecule has 37 heavy (non-hydrogen) atoms. The predicted octanol–water partition coefficient (Wildman–Crippen LogP) is 8.83. The van der Waals surface area contributed by atoms with Crippen LogP contribution in [-0.4, -0.2) is 4.98 Å². The third kappa shape index (κ3) is 8.99. The molecule has 3 aromatic rings. The Labute approximate surface area is 222 Å². The van der Waals surface area contributed by atoms with E-state index in [2.05, 4.69) is 81.8 Å². The van der Waals surface area contributed by atoms with Gasteiger partial charge in [-0.3, -0.25) is 4.98 Å². The van der Waals surface area contributed by atoms with E-state index < -0.39 is 0 Å². The molecule has 0 amide bonds. The van der Waals surface area contributed by atoms with Gasteiger partial charge in [0.2, 0.25) is 0 Å². The van der Waals surface area contributed by atoms with Crippen LogP contribution in [0.3, 0.4) is 0 Å². The number of rotatable bonds is 8. The Bertz CT molecular complexity index is 1370. The summed E-state index contributed by atoms with van der Waals surface area (Å²) >= 11 is 0. The second kappa shape index (κ2) is 16.1. The van der Waals surface area contributed by atoms with Crippen molar-refractivity contribution in [3.8, 4) is 11.3 Å². The van der Waals surface area contributed by atoms with Crippen LogP contribution in [0, 0.1) is 5.82 Å². The van der Waals surface area contributed by atoms with Crippen LogP contribution in [0.15, 0.2) is 108 Å². The topological polar surface area (TPSA) is 12.9 Å². The first-order valence-corrected chi connectivity index (χ1v) is 13.2. The molecular weight excluding hydrogens is 453 g/mol. The maximum Gasteiger partial charge on any atom is 0.132 e. The normalized spacial score (nSPS) is 13.0. The average molecular weight is 494 g/mol. The highest BCUT2D eigenvalue weighted by Gasteiger charge is 2.09. The molecule has 2 aromatic carbocycles. The summed E-state index contributed by atoms with van der Waals surface area (Å²) in [6.45, 7) is 14.7. The number of aromatic nitrogens is 1. The van der Waals surface area contributed by atoms with E-state index in [9.17, 15) is 4.39 Å². The zero-order valence-electron chi connectivity index (χ0n) is 23.0. The van der Waals surface area contributed by atoms with E-state index in [1.54, 1.807) is 18.3 Å². The molecule has 0 aliphatic rings. The molecular formula is C35H40FN. The molecule has 2 heteroatoms. The first-order valence-electron chi connectivity index (χ1n) is 13.2. The quantitative estimate of drug-likeness (QED) is 0.286. The van der Waals surface area contributed by atoms with Crippen molar-refractivity contribution in [3.05, 3.63) is 130 Å². The lowest BCUT2D eigenvalue weighted by Gasteiger charge is -2.10. The summed E-state index contributed by atoms with van der Waals surface area (Å²) in [5.41, 5.74) is 5.39. The lowest BCUT2D eigenvalue weighted by Crippen LogP contribution is -2.22. The maximum atomic E-state index is 14.4. The van der Waals surface area contributed by atoms with Gasteiger partial charge >= 0.3 is 0 Å². The third-order valence-corrected chi connectivity index (χ3v) is 5.63. The number of pyridine rings is 1. The van der Waals surface area contributed by atoms with E-state index in [1.807, 2.05) is 43.3 Å². The Kier molecular flexibility index (Phi) is 12.8. The van der Waals surface area contributed by atoms with Crippen LogP contribution < -0.4 is 10.4 Å². The molecule has 0 N–H and O–H groups in total. The molecule has 192 valence electrons. The number of hydrogen-bond donors (Lipinski definition) is 0. The van der Waals surface area contributed by atoms with Gasteiger partial charge in [0.15, 0.2) is 0 Å². The van der Waals surface area contributed by atoms with Crippen molar-refractivity contribution in [1.29, 1.82) is 0 Å². The molecule has 0 aliphatic carbocycles. The number of hydrogen-bond acceptors (Lipinski definition) is 1. The van der Waals surface area contributed by atoms with Crippen LogP contribution >= 0.6 is 0 Å². The van der Waals surface area contributed by atoms with Crippen molar-refractivity contribution in [2.45, 2.75) is 53.9 Å². The zero-order valence-corrected chi connectivity index (χ0v) is 23.0. The fourth-order valence-corrected chi connectivity index (χ4v) is 3.71. The molecule has 1 nitrogen and oxygen atoms in total. The summed E-state index contributed by atoms with van der Waals surface area (Å²) in [4.78, 5) is 4.42. The van der Waals surface area contributed by atoms with Gasteiger partial charge in [-0.25, -0.2) is 4.39 Å². The molecule has 3 rings (SSSR count).